The minimum Gasteiger partial charge on any atom is -0.391 e. The van der Waals surface area contributed by atoms with Crippen LogP contribution in [0, 0.1) is 11.7 Å². The molecule has 3 N–H and O–H groups in total. The molecule has 0 saturated heterocycles. The van der Waals surface area contributed by atoms with Crippen molar-refractivity contribution in [1.29, 1.82) is 0 Å². The predicted octanol–water partition coefficient (Wildman–Crippen LogP) is 2.67. The Hall–Kier alpha value is -0.350. The summed E-state index contributed by atoms with van der Waals surface area (Å²) in [5, 5.41) is 9.87. The first-order valence-corrected chi connectivity index (χ1v) is 5.36. The number of hydrogen-bond acceptors (Lipinski definition) is 2. The molecule has 0 aromatic heterocycles. The van der Waals surface area contributed by atoms with E-state index < -0.39 is 18.0 Å². The van der Waals surface area contributed by atoms with E-state index in [-0.39, 0.29) is 23.3 Å². The topological polar surface area (TPSA) is 46.2 Å². The van der Waals surface area contributed by atoms with Crippen molar-refractivity contribution in [1.82, 2.24) is 0 Å². The molecule has 0 aliphatic heterocycles. The van der Waals surface area contributed by atoms with Gasteiger partial charge in [-0.25, -0.2) is 4.39 Å². The number of nitrogens with two attached hydrogens (primary N) is 1. The van der Waals surface area contributed by atoms with Crippen LogP contribution in [-0.4, -0.2) is 11.2 Å². The van der Waals surface area contributed by atoms with Gasteiger partial charge in [0.25, 0.3) is 0 Å². The first-order chi connectivity index (χ1) is 7.09. The smallest absolute Gasteiger partial charge is 0.142 e. The Bertz CT molecular complexity index is 371. The first-order valence-electron chi connectivity index (χ1n) is 4.98. The van der Waals surface area contributed by atoms with Crippen LogP contribution >= 0.6 is 24.0 Å². The molecule has 0 spiro atoms. The molecule has 0 radical (unpaired) electrons. The van der Waals surface area contributed by atoms with Crippen molar-refractivity contribution in [2.75, 3.05) is 0 Å². The van der Waals surface area contributed by atoms with E-state index in [1.807, 2.05) is 0 Å². The Balaban J connectivity index is 0.00000128. The minimum absolute atomic E-state index is 0. The maximum atomic E-state index is 13.2. The third-order valence-corrected chi connectivity index (χ3v) is 3.11. The molecule has 2 rings (SSSR count). The lowest BCUT2D eigenvalue weighted by molar-refractivity contribution is 0.122. The van der Waals surface area contributed by atoms with Gasteiger partial charge in [-0.15, -0.1) is 12.4 Å². The fourth-order valence-corrected chi connectivity index (χ4v) is 1.77. The lowest BCUT2D eigenvalue weighted by Gasteiger charge is -2.18. The van der Waals surface area contributed by atoms with E-state index in [4.69, 9.17) is 17.3 Å². The molecule has 1 aromatic carbocycles. The van der Waals surface area contributed by atoms with Gasteiger partial charge in [0.05, 0.1) is 17.2 Å². The van der Waals surface area contributed by atoms with Crippen LogP contribution in [0.15, 0.2) is 18.2 Å². The summed E-state index contributed by atoms with van der Waals surface area (Å²) >= 11 is 5.56. The van der Waals surface area contributed by atoms with Crippen molar-refractivity contribution in [3.8, 4) is 0 Å². The second-order valence-corrected chi connectivity index (χ2v) is 4.43. The molecule has 0 unspecified atom stereocenters. The van der Waals surface area contributed by atoms with Crippen molar-refractivity contribution in [2.45, 2.75) is 25.0 Å². The monoisotopic (exact) mass is 265 g/mol. The van der Waals surface area contributed by atoms with E-state index in [1.54, 1.807) is 6.07 Å². The van der Waals surface area contributed by atoms with Crippen molar-refractivity contribution in [3.05, 3.63) is 34.6 Å². The highest BCUT2D eigenvalue weighted by Crippen LogP contribution is 2.37. The summed E-state index contributed by atoms with van der Waals surface area (Å²) < 4.78 is 13.2. The molecular formula is C11H14Cl2FNO. The summed E-state index contributed by atoms with van der Waals surface area (Å²) in [6, 6.07) is 3.88. The van der Waals surface area contributed by atoms with E-state index in [9.17, 15) is 9.50 Å². The molecule has 2 atom stereocenters. The molecule has 2 nitrogen and oxygen atoms in total. The predicted molar refractivity (Wildman–Crippen MR) is 64.3 cm³/mol. The average Bonchev–Trinajstić information content (AvgIpc) is 3.03. The third kappa shape index (κ3) is 2.86. The fraction of sp³-hybridized carbons (Fsp3) is 0.455. The van der Waals surface area contributed by atoms with Crippen LogP contribution in [0.1, 0.15) is 24.4 Å². The summed E-state index contributed by atoms with van der Waals surface area (Å²) in [4.78, 5) is 0. The fourth-order valence-electron chi connectivity index (χ4n) is 1.65. The van der Waals surface area contributed by atoms with Gasteiger partial charge in [0, 0.05) is 0 Å². The van der Waals surface area contributed by atoms with Gasteiger partial charge in [-0.3, -0.25) is 0 Å². The molecule has 0 bridgehead atoms. The van der Waals surface area contributed by atoms with Crippen LogP contribution in [0.25, 0.3) is 0 Å². The summed E-state index contributed by atoms with van der Waals surface area (Å²) in [5.41, 5.74) is 6.43. The zero-order valence-electron chi connectivity index (χ0n) is 8.57. The van der Waals surface area contributed by atoms with Gasteiger partial charge in [-0.05, 0) is 36.5 Å². The van der Waals surface area contributed by atoms with Crippen molar-refractivity contribution in [2.24, 2.45) is 11.7 Å². The number of aliphatic hydroxyl groups is 1. The largest absolute Gasteiger partial charge is 0.391 e. The molecule has 0 amide bonds. The molecule has 5 heteroatoms. The van der Waals surface area contributed by atoms with E-state index in [1.165, 1.54) is 12.1 Å². The maximum absolute atomic E-state index is 13.2. The van der Waals surface area contributed by atoms with Gasteiger partial charge < -0.3 is 10.8 Å². The highest BCUT2D eigenvalue weighted by Gasteiger charge is 2.34. The van der Waals surface area contributed by atoms with Crippen molar-refractivity contribution >= 4 is 24.0 Å². The first kappa shape index (κ1) is 13.7. The molecule has 1 aromatic rings. The molecule has 0 heterocycles. The second kappa shape index (κ2) is 5.32. The van der Waals surface area contributed by atoms with E-state index in [0.29, 0.717) is 5.56 Å². The minimum atomic E-state index is -0.578. The molecule has 16 heavy (non-hydrogen) atoms. The lowest BCUT2D eigenvalue weighted by Crippen LogP contribution is -2.27. The highest BCUT2D eigenvalue weighted by molar-refractivity contribution is 6.30. The number of aliphatic hydroxyl groups excluding tert-OH is 1. The highest BCUT2D eigenvalue weighted by atomic mass is 35.5. The van der Waals surface area contributed by atoms with Crippen LogP contribution in [0.3, 0.4) is 0 Å². The number of benzene rings is 1. The molecule has 1 fully saturated rings. The average molecular weight is 266 g/mol. The zero-order chi connectivity index (χ0) is 11.0. The summed E-state index contributed by atoms with van der Waals surface area (Å²) in [6.07, 6.45) is 1.43. The quantitative estimate of drug-likeness (QED) is 0.883. The van der Waals surface area contributed by atoms with Crippen LogP contribution in [0.5, 0.6) is 0 Å². The van der Waals surface area contributed by atoms with E-state index in [2.05, 4.69) is 0 Å². The van der Waals surface area contributed by atoms with Crippen LogP contribution in [0.2, 0.25) is 5.02 Å². The van der Waals surface area contributed by atoms with E-state index >= 15 is 0 Å². The molecule has 1 aliphatic carbocycles. The third-order valence-electron chi connectivity index (χ3n) is 2.80. The molecule has 1 aliphatic rings. The Labute approximate surface area is 105 Å². The van der Waals surface area contributed by atoms with Gasteiger partial charge >= 0.3 is 0 Å². The summed E-state index contributed by atoms with van der Waals surface area (Å²) in [7, 11) is 0. The standard InChI is InChI=1S/C11H13ClFNO.ClH/c12-8-4-3-7(5-9(8)13)10(14)11(15)6-1-2-6;/h3-6,10-11,15H,1-2,14H2;1H/t10-,11+;/m1./s1. The van der Waals surface area contributed by atoms with Crippen LogP contribution < -0.4 is 5.73 Å². The summed E-state index contributed by atoms with van der Waals surface area (Å²) in [6.45, 7) is 0. The van der Waals surface area contributed by atoms with Crippen LogP contribution in [-0.2, 0) is 0 Å². The molecule has 1 saturated carbocycles. The van der Waals surface area contributed by atoms with Crippen molar-refractivity contribution < 1.29 is 9.50 Å². The van der Waals surface area contributed by atoms with Crippen molar-refractivity contribution in [3.63, 3.8) is 0 Å². The molecule has 90 valence electrons. The SMILES string of the molecule is Cl.N[C@H](c1ccc(Cl)c(F)c1)[C@@H](O)C1CC1. The second-order valence-electron chi connectivity index (χ2n) is 4.03. The Morgan fingerprint density at radius 1 is 1.44 bits per heavy atom. The van der Waals surface area contributed by atoms with E-state index in [0.717, 1.165) is 12.8 Å². The number of halogens is 3. The van der Waals surface area contributed by atoms with Gasteiger partial charge in [-0.1, -0.05) is 17.7 Å². The Morgan fingerprint density at radius 2 is 2.06 bits per heavy atom. The van der Waals surface area contributed by atoms with Gasteiger partial charge in [-0.2, -0.15) is 0 Å². The number of rotatable bonds is 3. The summed E-state index contributed by atoms with van der Waals surface area (Å²) in [5.74, 6) is -0.216. The van der Waals surface area contributed by atoms with Crippen LogP contribution in [0.4, 0.5) is 4.39 Å². The Kier molecular flexibility index (Phi) is 4.56. The van der Waals surface area contributed by atoms with Gasteiger partial charge in [0.1, 0.15) is 5.82 Å². The maximum Gasteiger partial charge on any atom is 0.142 e. The Morgan fingerprint density at radius 3 is 2.56 bits per heavy atom. The number of hydrogen-bond donors (Lipinski definition) is 2. The van der Waals surface area contributed by atoms with Gasteiger partial charge in [0.2, 0.25) is 0 Å². The molecular weight excluding hydrogens is 252 g/mol. The lowest BCUT2D eigenvalue weighted by atomic mass is 9.99. The van der Waals surface area contributed by atoms with Gasteiger partial charge in [0.15, 0.2) is 0 Å². The normalized spacial score (nSPS) is 18.8. The zero-order valence-corrected chi connectivity index (χ0v) is 10.1.